The minimum absolute atomic E-state index is 0. The van der Waals surface area contributed by atoms with E-state index in [1.54, 1.807) is 48.4 Å². The number of carbonyl (C=O) groups excluding carboxylic acids is 1. The Morgan fingerprint density at radius 3 is 2.20 bits per heavy atom. The van der Waals surface area contributed by atoms with Crippen LogP contribution in [0.5, 0.6) is 5.75 Å². The highest BCUT2D eigenvalue weighted by Crippen LogP contribution is 2.37. The number of methoxy groups -OCH3 is 1. The fourth-order valence-corrected chi connectivity index (χ4v) is 6.58. The molecule has 40 heavy (non-hydrogen) atoms. The first-order valence-electron chi connectivity index (χ1n) is 12.8. The van der Waals surface area contributed by atoms with Crippen molar-refractivity contribution in [3.05, 3.63) is 77.9 Å². The summed E-state index contributed by atoms with van der Waals surface area (Å²) in [5.41, 5.74) is 2.73. The second-order valence-corrected chi connectivity index (χ2v) is 12.0. The molecule has 0 saturated carbocycles. The van der Waals surface area contributed by atoms with E-state index in [2.05, 4.69) is 18.7 Å². The van der Waals surface area contributed by atoms with Gasteiger partial charge in [0.05, 0.1) is 22.4 Å². The molecule has 4 rings (SSSR count). The number of benzene rings is 3. The zero-order chi connectivity index (χ0) is 28.2. The van der Waals surface area contributed by atoms with E-state index in [0.717, 1.165) is 28.9 Å². The van der Waals surface area contributed by atoms with Gasteiger partial charge >= 0.3 is 0 Å². The quantitative estimate of drug-likeness (QED) is 0.214. The molecule has 0 aliphatic heterocycles. The molecule has 0 bridgehead atoms. The van der Waals surface area contributed by atoms with Crippen LogP contribution < -0.4 is 13.9 Å². The number of anilines is 2. The van der Waals surface area contributed by atoms with Crippen molar-refractivity contribution in [1.29, 1.82) is 0 Å². The van der Waals surface area contributed by atoms with Crippen LogP contribution in [0.3, 0.4) is 0 Å². The third kappa shape index (κ3) is 6.41. The lowest BCUT2D eigenvalue weighted by Gasteiger charge is -2.25. The first-order valence-corrected chi connectivity index (χ1v) is 15.1. The number of hydrogen-bond donors (Lipinski definition) is 0. The van der Waals surface area contributed by atoms with Gasteiger partial charge in [-0.1, -0.05) is 49.4 Å². The lowest BCUT2D eigenvalue weighted by atomic mass is 10.2. The summed E-state index contributed by atoms with van der Waals surface area (Å²) in [5.74, 6) is 0.421. The fourth-order valence-electron chi connectivity index (χ4n) is 4.30. The number of rotatable bonds is 11. The number of carbonyl (C=O) groups is 1. The molecule has 0 radical (unpaired) electrons. The highest BCUT2D eigenvalue weighted by atomic mass is 35.5. The highest BCUT2D eigenvalue weighted by Gasteiger charge is 2.25. The van der Waals surface area contributed by atoms with Crippen LogP contribution in [0.25, 0.3) is 10.2 Å². The van der Waals surface area contributed by atoms with Crippen molar-refractivity contribution in [2.75, 3.05) is 49.5 Å². The van der Waals surface area contributed by atoms with Crippen LogP contribution in [-0.4, -0.2) is 64.5 Å². The largest absolute Gasteiger partial charge is 0.494 e. The molecule has 1 amide bonds. The van der Waals surface area contributed by atoms with Gasteiger partial charge in [0.2, 0.25) is 0 Å². The van der Waals surface area contributed by atoms with Gasteiger partial charge in [0.1, 0.15) is 11.3 Å². The Hall–Kier alpha value is -3.18. The summed E-state index contributed by atoms with van der Waals surface area (Å²) in [6.07, 6.45) is 0. The number of halogens is 1. The molecule has 11 heteroatoms. The summed E-state index contributed by atoms with van der Waals surface area (Å²) in [4.78, 5) is 22.7. The van der Waals surface area contributed by atoms with Crippen molar-refractivity contribution in [3.8, 4) is 5.75 Å². The van der Waals surface area contributed by atoms with E-state index >= 15 is 0 Å². The van der Waals surface area contributed by atoms with Gasteiger partial charge in [-0.05, 0) is 68.0 Å². The van der Waals surface area contributed by atoms with Gasteiger partial charge in [0.25, 0.3) is 15.9 Å². The monoisotopic (exact) mass is 602 g/mol. The Kier molecular flexibility index (Phi) is 10.5. The molecule has 0 fully saturated rings. The maximum atomic E-state index is 13.8. The number of amides is 1. The van der Waals surface area contributed by atoms with Crippen molar-refractivity contribution < 1.29 is 17.9 Å². The number of fused-ring (bicyclic) bond motifs is 1. The van der Waals surface area contributed by atoms with Gasteiger partial charge in [0.15, 0.2) is 5.13 Å². The van der Waals surface area contributed by atoms with Gasteiger partial charge in [-0.25, -0.2) is 13.4 Å². The smallest absolute Gasteiger partial charge is 0.264 e. The summed E-state index contributed by atoms with van der Waals surface area (Å²) >= 11 is 1.45. The van der Waals surface area contributed by atoms with Crippen LogP contribution in [0.15, 0.2) is 71.6 Å². The Morgan fingerprint density at radius 1 is 0.950 bits per heavy atom. The minimum atomic E-state index is -3.79. The number of ether oxygens (including phenoxy) is 1. The van der Waals surface area contributed by atoms with Gasteiger partial charge in [-0.15, -0.1) is 12.4 Å². The Morgan fingerprint density at radius 2 is 1.60 bits per heavy atom. The molecule has 4 aromatic rings. The summed E-state index contributed by atoms with van der Waals surface area (Å²) in [5, 5.41) is 0.579. The maximum Gasteiger partial charge on any atom is 0.264 e. The van der Waals surface area contributed by atoms with E-state index in [0.29, 0.717) is 35.2 Å². The molecule has 0 atom stereocenters. The third-order valence-electron chi connectivity index (χ3n) is 6.80. The van der Waals surface area contributed by atoms with E-state index < -0.39 is 10.0 Å². The number of para-hydroxylation sites is 1. The van der Waals surface area contributed by atoms with E-state index in [4.69, 9.17) is 9.72 Å². The molecule has 0 spiro atoms. The molecule has 0 saturated heterocycles. The topological polar surface area (TPSA) is 83.1 Å². The van der Waals surface area contributed by atoms with Gasteiger partial charge in [-0.3, -0.25) is 14.0 Å². The van der Waals surface area contributed by atoms with Crippen molar-refractivity contribution in [2.45, 2.75) is 25.7 Å². The van der Waals surface area contributed by atoms with Crippen LogP contribution >= 0.6 is 23.7 Å². The normalized spacial score (nSPS) is 11.3. The number of thiazole rings is 1. The van der Waals surface area contributed by atoms with Crippen molar-refractivity contribution in [1.82, 2.24) is 9.88 Å². The van der Waals surface area contributed by atoms with E-state index in [1.165, 1.54) is 34.8 Å². The SMILES string of the molecule is CCN(CC)CCN(C(=O)c1ccc(S(=O)(=O)N(C)c2ccccc2)cc1)c1nc2c(OC)ccc(C)c2s1.Cl. The predicted molar refractivity (Wildman–Crippen MR) is 166 cm³/mol. The standard InChI is InChI=1S/C29H34N4O4S2.ClH/c1-6-32(7-2)19-20-33(29-30-26-25(37-5)18-13-21(3)27(26)38-29)28(34)22-14-16-24(17-15-22)39(35,36)31(4)23-11-9-8-10-12-23;/h8-18H,6-7,19-20H2,1-5H3;1H. The predicted octanol–water partition coefficient (Wildman–Crippen LogP) is 5.85. The third-order valence-corrected chi connectivity index (χ3v) is 9.82. The molecule has 0 unspecified atom stereocenters. The molecule has 3 aromatic carbocycles. The van der Waals surface area contributed by atoms with Crippen LogP contribution in [0.1, 0.15) is 29.8 Å². The summed E-state index contributed by atoms with van der Waals surface area (Å²) in [6, 6.07) is 18.8. The second kappa shape index (κ2) is 13.5. The molecule has 0 N–H and O–H groups in total. The first kappa shape index (κ1) is 31.3. The molecule has 214 valence electrons. The number of aromatic nitrogens is 1. The molecule has 0 aliphatic carbocycles. The van der Waals surface area contributed by atoms with Gasteiger partial charge in [-0.2, -0.15) is 0 Å². The minimum Gasteiger partial charge on any atom is -0.494 e. The maximum absolute atomic E-state index is 13.8. The van der Waals surface area contributed by atoms with E-state index in [1.807, 2.05) is 25.1 Å². The number of likely N-dealkylation sites (N-methyl/N-ethyl adjacent to an activating group) is 1. The van der Waals surface area contributed by atoms with Crippen molar-refractivity contribution in [2.24, 2.45) is 0 Å². The van der Waals surface area contributed by atoms with Crippen molar-refractivity contribution >= 4 is 60.7 Å². The summed E-state index contributed by atoms with van der Waals surface area (Å²) in [7, 11) is -0.663. The zero-order valence-corrected chi connectivity index (χ0v) is 25.8. The molecule has 8 nitrogen and oxygen atoms in total. The molecule has 0 aliphatic rings. The number of hydrogen-bond acceptors (Lipinski definition) is 7. The zero-order valence-electron chi connectivity index (χ0n) is 23.3. The fraction of sp³-hybridized carbons (Fsp3) is 0.310. The van der Waals surface area contributed by atoms with Crippen molar-refractivity contribution in [3.63, 3.8) is 0 Å². The number of aryl methyl sites for hydroxylation is 1. The Balaban J connectivity index is 0.00000441. The van der Waals surface area contributed by atoms with Gasteiger partial charge < -0.3 is 9.64 Å². The average Bonchev–Trinajstić information content (AvgIpc) is 3.41. The van der Waals surface area contributed by atoms with Crippen LogP contribution in [-0.2, 0) is 10.0 Å². The summed E-state index contributed by atoms with van der Waals surface area (Å²) in [6.45, 7) is 9.05. The molecular weight excluding hydrogens is 568 g/mol. The van der Waals surface area contributed by atoms with Crippen LogP contribution in [0.2, 0.25) is 0 Å². The second-order valence-electron chi connectivity index (χ2n) is 9.08. The first-order chi connectivity index (χ1) is 18.7. The molecule has 1 heterocycles. The van der Waals surface area contributed by atoms with E-state index in [-0.39, 0.29) is 23.2 Å². The number of sulfonamides is 1. The van der Waals surface area contributed by atoms with E-state index in [9.17, 15) is 13.2 Å². The summed E-state index contributed by atoms with van der Waals surface area (Å²) < 4.78 is 34.1. The molecular formula is C29H35ClN4O4S2. The number of nitrogens with zero attached hydrogens (tertiary/aromatic N) is 4. The highest BCUT2D eigenvalue weighted by molar-refractivity contribution is 7.92. The average molecular weight is 603 g/mol. The van der Waals surface area contributed by atoms with Crippen LogP contribution in [0.4, 0.5) is 10.8 Å². The lowest BCUT2D eigenvalue weighted by Crippen LogP contribution is -2.38. The molecule has 1 aromatic heterocycles. The van der Waals surface area contributed by atoms with Crippen LogP contribution in [0, 0.1) is 6.92 Å². The Bertz CT molecular complexity index is 1540. The Labute approximate surface area is 246 Å². The lowest BCUT2D eigenvalue weighted by molar-refractivity contribution is 0.0983. The van der Waals surface area contributed by atoms with Gasteiger partial charge in [0, 0.05) is 25.7 Å².